The quantitative estimate of drug-likeness (QED) is 0.772. The number of benzene rings is 1. The summed E-state index contributed by atoms with van der Waals surface area (Å²) in [5.41, 5.74) is 1.98. The fourth-order valence-corrected chi connectivity index (χ4v) is 2.19. The molecule has 3 rings (SSSR count). The van der Waals surface area contributed by atoms with Gasteiger partial charge in [0, 0.05) is 23.6 Å². The summed E-state index contributed by atoms with van der Waals surface area (Å²) in [6.07, 6.45) is 1.87. The number of nitrogens with one attached hydrogen (secondary N) is 2. The molecule has 6 heteroatoms. The topological polar surface area (TPSA) is 62.7 Å². The highest BCUT2D eigenvalue weighted by Gasteiger charge is 2.09. The van der Waals surface area contributed by atoms with Gasteiger partial charge in [0.2, 0.25) is 0 Å². The van der Waals surface area contributed by atoms with Crippen LogP contribution in [0.2, 0.25) is 0 Å². The average molecular weight is 286 g/mol. The van der Waals surface area contributed by atoms with Gasteiger partial charge in [-0.2, -0.15) is 5.10 Å². The molecule has 0 fully saturated rings. The van der Waals surface area contributed by atoms with E-state index < -0.39 is 0 Å². The van der Waals surface area contributed by atoms with Crippen molar-refractivity contribution in [3.05, 3.63) is 53.7 Å². The first-order valence-corrected chi connectivity index (χ1v) is 6.68. The zero-order valence-corrected chi connectivity index (χ0v) is 11.6. The molecule has 2 aromatic heterocycles. The van der Waals surface area contributed by atoms with Crippen LogP contribution in [0.1, 0.15) is 16.2 Å². The Kier molecular flexibility index (Phi) is 3.43. The molecule has 3 aromatic rings. The Hall–Kier alpha value is -2.63. The summed E-state index contributed by atoms with van der Waals surface area (Å²) < 4.78 is 14.9. The number of rotatable bonds is 4. The lowest BCUT2D eigenvalue weighted by molar-refractivity contribution is 0.0948. The molecule has 1 amide bonds. The molecule has 0 aliphatic rings. The van der Waals surface area contributed by atoms with Crippen molar-refractivity contribution in [3.63, 3.8) is 0 Å². The average Bonchev–Trinajstić information content (AvgIpc) is 3.04. The van der Waals surface area contributed by atoms with Gasteiger partial charge in [0.25, 0.3) is 5.91 Å². The second kappa shape index (κ2) is 5.40. The third-order valence-electron chi connectivity index (χ3n) is 3.23. The number of amides is 1. The molecule has 21 heavy (non-hydrogen) atoms. The maximum Gasteiger partial charge on any atom is 0.267 e. The number of nitrogens with zero attached hydrogens (tertiary/aromatic N) is 2. The smallest absolute Gasteiger partial charge is 0.267 e. The summed E-state index contributed by atoms with van der Waals surface area (Å²) in [4.78, 5) is 14.9. The molecule has 0 atom stereocenters. The highest BCUT2D eigenvalue weighted by atomic mass is 19.1. The minimum Gasteiger partial charge on any atom is -0.350 e. The number of carbonyl (C=O) groups is 1. The molecular weight excluding hydrogens is 271 g/mol. The third kappa shape index (κ3) is 2.94. The van der Waals surface area contributed by atoms with Gasteiger partial charge in [-0.1, -0.05) is 0 Å². The molecule has 1 aromatic carbocycles. The number of hydrogen-bond donors (Lipinski definition) is 2. The molecule has 0 saturated carbocycles. The van der Waals surface area contributed by atoms with Crippen LogP contribution in [-0.2, 0) is 6.54 Å². The summed E-state index contributed by atoms with van der Waals surface area (Å²) in [5.74, 6) is -0.541. The summed E-state index contributed by atoms with van der Waals surface area (Å²) in [7, 11) is 0. The number of halogens is 1. The highest BCUT2D eigenvalue weighted by molar-refractivity contribution is 5.97. The molecule has 0 radical (unpaired) electrons. The summed E-state index contributed by atoms with van der Waals surface area (Å²) >= 11 is 0. The fourth-order valence-electron chi connectivity index (χ4n) is 2.19. The SMILES string of the molecule is Cc1ccn(CCNC(=O)c2cc3ccc(F)cc3[nH]2)n1. The Bertz CT molecular complexity index is 790. The van der Waals surface area contributed by atoms with E-state index in [0.717, 1.165) is 11.1 Å². The third-order valence-corrected chi connectivity index (χ3v) is 3.23. The van der Waals surface area contributed by atoms with Crippen molar-refractivity contribution in [1.29, 1.82) is 0 Å². The first-order chi connectivity index (χ1) is 10.1. The Balaban J connectivity index is 1.63. The van der Waals surface area contributed by atoms with Crippen molar-refractivity contribution in [3.8, 4) is 0 Å². The standard InChI is InChI=1S/C15H15FN4O/c1-10-4-6-20(19-10)7-5-17-15(21)14-8-11-2-3-12(16)9-13(11)18-14/h2-4,6,8-9,18H,5,7H2,1H3,(H,17,21). The number of H-pyrrole nitrogens is 1. The molecular formula is C15H15FN4O. The second-order valence-corrected chi connectivity index (χ2v) is 4.89. The van der Waals surface area contributed by atoms with Crippen molar-refractivity contribution in [2.45, 2.75) is 13.5 Å². The van der Waals surface area contributed by atoms with Gasteiger partial charge >= 0.3 is 0 Å². The Morgan fingerprint density at radius 3 is 3.00 bits per heavy atom. The Labute approximate surface area is 120 Å². The number of hydrogen-bond acceptors (Lipinski definition) is 2. The van der Waals surface area contributed by atoms with Crippen molar-refractivity contribution in [2.24, 2.45) is 0 Å². The van der Waals surface area contributed by atoms with E-state index in [2.05, 4.69) is 15.4 Å². The molecule has 0 aliphatic heterocycles. The lowest BCUT2D eigenvalue weighted by Gasteiger charge is -2.03. The van der Waals surface area contributed by atoms with Crippen LogP contribution < -0.4 is 5.32 Å². The van der Waals surface area contributed by atoms with Gasteiger partial charge in [0.05, 0.1) is 12.2 Å². The second-order valence-electron chi connectivity index (χ2n) is 4.89. The molecule has 2 heterocycles. The first kappa shape index (κ1) is 13.4. The van der Waals surface area contributed by atoms with Gasteiger partial charge in [0.1, 0.15) is 11.5 Å². The van der Waals surface area contributed by atoms with Gasteiger partial charge < -0.3 is 10.3 Å². The van der Waals surface area contributed by atoms with Crippen LogP contribution in [-0.4, -0.2) is 27.2 Å². The summed E-state index contributed by atoms with van der Waals surface area (Å²) in [6, 6.07) is 8.01. The van der Waals surface area contributed by atoms with E-state index in [4.69, 9.17) is 0 Å². The Morgan fingerprint density at radius 1 is 1.38 bits per heavy atom. The number of aryl methyl sites for hydroxylation is 1. The van der Waals surface area contributed by atoms with E-state index in [-0.39, 0.29) is 11.7 Å². The number of carbonyl (C=O) groups excluding carboxylic acids is 1. The van der Waals surface area contributed by atoms with Gasteiger partial charge in [0.15, 0.2) is 0 Å². The van der Waals surface area contributed by atoms with Crippen molar-refractivity contribution >= 4 is 16.8 Å². The summed E-state index contributed by atoms with van der Waals surface area (Å²) in [6.45, 7) is 3.00. The molecule has 0 spiro atoms. The highest BCUT2D eigenvalue weighted by Crippen LogP contribution is 2.16. The molecule has 2 N–H and O–H groups in total. The normalized spacial score (nSPS) is 11.0. The van der Waals surface area contributed by atoms with E-state index in [9.17, 15) is 9.18 Å². The van der Waals surface area contributed by atoms with Gasteiger partial charge in [-0.25, -0.2) is 4.39 Å². The largest absolute Gasteiger partial charge is 0.350 e. The van der Waals surface area contributed by atoms with E-state index in [1.165, 1.54) is 12.1 Å². The molecule has 5 nitrogen and oxygen atoms in total. The number of aromatic nitrogens is 3. The van der Waals surface area contributed by atoms with Crippen LogP contribution in [0.25, 0.3) is 10.9 Å². The molecule has 0 bridgehead atoms. The lowest BCUT2D eigenvalue weighted by Crippen LogP contribution is -2.27. The van der Waals surface area contributed by atoms with Gasteiger partial charge in [-0.15, -0.1) is 0 Å². The summed E-state index contributed by atoms with van der Waals surface area (Å²) in [5, 5.41) is 7.86. The minimum atomic E-state index is -0.328. The molecule has 0 saturated heterocycles. The van der Waals surface area contributed by atoms with E-state index in [1.54, 1.807) is 16.8 Å². The van der Waals surface area contributed by atoms with Crippen molar-refractivity contribution in [1.82, 2.24) is 20.1 Å². The van der Waals surface area contributed by atoms with E-state index in [0.29, 0.717) is 24.3 Å². The monoisotopic (exact) mass is 286 g/mol. The predicted molar refractivity (Wildman–Crippen MR) is 77.6 cm³/mol. The van der Waals surface area contributed by atoms with Crippen molar-refractivity contribution in [2.75, 3.05) is 6.54 Å². The zero-order chi connectivity index (χ0) is 14.8. The van der Waals surface area contributed by atoms with Crippen LogP contribution in [0.5, 0.6) is 0 Å². The van der Waals surface area contributed by atoms with Gasteiger partial charge in [-0.05, 0) is 37.3 Å². The van der Waals surface area contributed by atoms with Gasteiger partial charge in [-0.3, -0.25) is 9.48 Å². The zero-order valence-electron chi connectivity index (χ0n) is 11.6. The maximum atomic E-state index is 13.1. The van der Waals surface area contributed by atoms with Crippen LogP contribution >= 0.6 is 0 Å². The minimum absolute atomic E-state index is 0.213. The maximum absolute atomic E-state index is 13.1. The van der Waals surface area contributed by atoms with Crippen LogP contribution in [0.15, 0.2) is 36.5 Å². The molecule has 0 aliphatic carbocycles. The number of fused-ring (bicyclic) bond motifs is 1. The lowest BCUT2D eigenvalue weighted by atomic mass is 10.2. The Morgan fingerprint density at radius 2 is 2.24 bits per heavy atom. The fraction of sp³-hybridized carbons (Fsp3) is 0.200. The predicted octanol–water partition coefficient (Wildman–Crippen LogP) is 2.24. The van der Waals surface area contributed by atoms with E-state index in [1.807, 2.05) is 19.2 Å². The van der Waals surface area contributed by atoms with Crippen LogP contribution in [0, 0.1) is 12.7 Å². The molecule has 0 unspecified atom stereocenters. The van der Waals surface area contributed by atoms with Crippen LogP contribution in [0.3, 0.4) is 0 Å². The molecule has 108 valence electrons. The number of aromatic amines is 1. The van der Waals surface area contributed by atoms with Crippen LogP contribution in [0.4, 0.5) is 4.39 Å². The van der Waals surface area contributed by atoms with E-state index >= 15 is 0 Å². The van der Waals surface area contributed by atoms with Crippen molar-refractivity contribution < 1.29 is 9.18 Å². The first-order valence-electron chi connectivity index (χ1n) is 6.68.